The molecule has 0 amide bonds. The Morgan fingerprint density at radius 3 is 2.70 bits per heavy atom. The maximum atomic E-state index is 5.97. The van der Waals surface area contributed by atoms with Crippen molar-refractivity contribution < 1.29 is 0 Å². The van der Waals surface area contributed by atoms with E-state index in [0.29, 0.717) is 12.6 Å². The van der Waals surface area contributed by atoms with Crippen LogP contribution in [0.5, 0.6) is 0 Å². The van der Waals surface area contributed by atoms with Crippen molar-refractivity contribution in [2.75, 3.05) is 11.4 Å². The molecule has 106 valence electrons. The Morgan fingerprint density at radius 2 is 2.00 bits per heavy atom. The highest BCUT2D eigenvalue weighted by atomic mass is 15.2. The van der Waals surface area contributed by atoms with E-state index in [0.717, 1.165) is 17.6 Å². The van der Waals surface area contributed by atoms with Crippen LogP contribution in [-0.4, -0.2) is 17.6 Å². The van der Waals surface area contributed by atoms with Crippen molar-refractivity contribution >= 4 is 16.6 Å². The Balaban J connectivity index is 2.15. The SMILES string of the molecule is CCN(c1c(CN)cnc2ccccc12)C1CCCC1. The second-order valence-corrected chi connectivity index (χ2v) is 5.58. The minimum atomic E-state index is 0.552. The summed E-state index contributed by atoms with van der Waals surface area (Å²) in [4.78, 5) is 7.10. The number of nitrogens with zero attached hydrogens (tertiary/aromatic N) is 2. The molecule has 1 saturated carbocycles. The lowest BCUT2D eigenvalue weighted by atomic mass is 10.1. The Kier molecular flexibility index (Phi) is 3.88. The number of benzene rings is 1. The van der Waals surface area contributed by atoms with E-state index in [-0.39, 0.29) is 0 Å². The standard InChI is InChI=1S/C17H23N3/c1-2-20(14-7-3-4-8-14)17-13(11-18)12-19-16-10-6-5-9-15(16)17/h5-6,9-10,12,14H,2-4,7-8,11,18H2,1H3. The number of para-hydroxylation sites is 1. The maximum absolute atomic E-state index is 5.97. The number of nitrogens with two attached hydrogens (primary N) is 1. The van der Waals surface area contributed by atoms with Crippen molar-refractivity contribution in [3.63, 3.8) is 0 Å². The zero-order valence-electron chi connectivity index (χ0n) is 12.2. The topological polar surface area (TPSA) is 42.1 Å². The summed E-state index contributed by atoms with van der Waals surface area (Å²) in [5.74, 6) is 0. The molecule has 1 aromatic heterocycles. The second-order valence-electron chi connectivity index (χ2n) is 5.58. The number of anilines is 1. The summed E-state index contributed by atoms with van der Waals surface area (Å²) in [6, 6.07) is 9.07. The van der Waals surface area contributed by atoms with Gasteiger partial charge in [-0.25, -0.2) is 0 Å². The molecule has 0 aliphatic heterocycles. The molecular weight excluding hydrogens is 246 g/mol. The predicted molar refractivity (Wildman–Crippen MR) is 84.9 cm³/mol. The van der Waals surface area contributed by atoms with Gasteiger partial charge in [-0.05, 0) is 25.8 Å². The second kappa shape index (κ2) is 5.80. The Bertz CT molecular complexity index is 588. The van der Waals surface area contributed by atoms with Crippen LogP contribution >= 0.6 is 0 Å². The van der Waals surface area contributed by atoms with Crippen molar-refractivity contribution in [1.82, 2.24) is 4.98 Å². The molecule has 20 heavy (non-hydrogen) atoms. The van der Waals surface area contributed by atoms with Gasteiger partial charge < -0.3 is 10.6 Å². The highest BCUT2D eigenvalue weighted by Gasteiger charge is 2.24. The minimum absolute atomic E-state index is 0.552. The highest BCUT2D eigenvalue weighted by Crippen LogP contribution is 2.34. The molecular formula is C17H23N3. The third kappa shape index (κ3) is 2.27. The number of hydrogen-bond acceptors (Lipinski definition) is 3. The molecule has 0 saturated heterocycles. The molecule has 1 aliphatic carbocycles. The molecule has 3 nitrogen and oxygen atoms in total. The summed E-state index contributed by atoms with van der Waals surface area (Å²) in [5.41, 5.74) is 9.51. The van der Waals surface area contributed by atoms with Crippen LogP contribution in [-0.2, 0) is 6.54 Å². The summed E-state index contributed by atoms with van der Waals surface area (Å²) in [7, 11) is 0. The van der Waals surface area contributed by atoms with Crippen molar-refractivity contribution in [3.8, 4) is 0 Å². The predicted octanol–water partition coefficient (Wildman–Crippen LogP) is 3.46. The molecule has 3 heteroatoms. The van der Waals surface area contributed by atoms with Crippen LogP contribution in [0, 0.1) is 0 Å². The summed E-state index contributed by atoms with van der Waals surface area (Å²) in [6.07, 6.45) is 7.25. The lowest BCUT2D eigenvalue weighted by molar-refractivity contribution is 0.619. The number of pyridine rings is 1. The van der Waals surface area contributed by atoms with Crippen molar-refractivity contribution in [2.24, 2.45) is 5.73 Å². The summed E-state index contributed by atoms with van der Waals surface area (Å²) >= 11 is 0. The molecule has 0 radical (unpaired) electrons. The van der Waals surface area contributed by atoms with Crippen LogP contribution in [0.4, 0.5) is 5.69 Å². The fraction of sp³-hybridized carbons (Fsp3) is 0.471. The molecule has 3 rings (SSSR count). The Hall–Kier alpha value is -1.61. The zero-order chi connectivity index (χ0) is 13.9. The minimum Gasteiger partial charge on any atom is -0.368 e. The van der Waals surface area contributed by atoms with Crippen molar-refractivity contribution in [3.05, 3.63) is 36.0 Å². The smallest absolute Gasteiger partial charge is 0.0723 e. The highest BCUT2D eigenvalue weighted by molar-refractivity contribution is 5.93. The molecule has 0 bridgehead atoms. The number of hydrogen-bond donors (Lipinski definition) is 1. The first-order valence-electron chi connectivity index (χ1n) is 7.68. The van der Waals surface area contributed by atoms with E-state index in [1.165, 1.54) is 36.8 Å². The maximum Gasteiger partial charge on any atom is 0.0723 e. The van der Waals surface area contributed by atoms with E-state index in [4.69, 9.17) is 5.73 Å². The lowest BCUT2D eigenvalue weighted by Crippen LogP contribution is -2.34. The molecule has 1 aliphatic rings. The molecule has 1 heterocycles. The van der Waals surface area contributed by atoms with Crippen LogP contribution in [0.3, 0.4) is 0 Å². The normalized spacial score (nSPS) is 15.9. The number of fused-ring (bicyclic) bond motifs is 1. The number of rotatable bonds is 4. The average Bonchev–Trinajstić information content (AvgIpc) is 3.02. The molecule has 0 spiro atoms. The summed E-state index contributed by atoms with van der Waals surface area (Å²) in [5, 5.41) is 1.24. The Morgan fingerprint density at radius 1 is 1.25 bits per heavy atom. The third-order valence-electron chi connectivity index (χ3n) is 4.44. The van der Waals surface area contributed by atoms with Gasteiger partial charge in [0.05, 0.1) is 11.2 Å². The molecule has 2 aromatic rings. The van der Waals surface area contributed by atoms with Crippen molar-refractivity contribution in [1.29, 1.82) is 0 Å². The average molecular weight is 269 g/mol. The van der Waals surface area contributed by atoms with Gasteiger partial charge in [-0.15, -0.1) is 0 Å². The monoisotopic (exact) mass is 269 g/mol. The first kappa shape index (κ1) is 13.4. The van der Waals surface area contributed by atoms with E-state index < -0.39 is 0 Å². The van der Waals surface area contributed by atoms with E-state index in [1.54, 1.807) is 0 Å². The molecule has 0 unspecified atom stereocenters. The summed E-state index contributed by atoms with van der Waals surface area (Å²) < 4.78 is 0. The lowest BCUT2D eigenvalue weighted by Gasteiger charge is -2.32. The van der Waals surface area contributed by atoms with Crippen LogP contribution in [0.2, 0.25) is 0 Å². The fourth-order valence-corrected chi connectivity index (χ4v) is 3.47. The van der Waals surface area contributed by atoms with Gasteiger partial charge >= 0.3 is 0 Å². The van der Waals surface area contributed by atoms with Gasteiger partial charge in [-0.1, -0.05) is 31.0 Å². The summed E-state index contributed by atoms with van der Waals surface area (Å²) in [6.45, 7) is 3.83. The van der Waals surface area contributed by atoms with Crippen LogP contribution < -0.4 is 10.6 Å². The Labute approximate surface area is 120 Å². The van der Waals surface area contributed by atoms with Crippen LogP contribution in [0.25, 0.3) is 10.9 Å². The van der Waals surface area contributed by atoms with Crippen LogP contribution in [0.1, 0.15) is 38.2 Å². The first-order chi connectivity index (χ1) is 9.85. The first-order valence-corrected chi connectivity index (χ1v) is 7.68. The largest absolute Gasteiger partial charge is 0.368 e. The molecule has 2 N–H and O–H groups in total. The van der Waals surface area contributed by atoms with Gasteiger partial charge in [-0.2, -0.15) is 0 Å². The van der Waals surface area contributed by atoms with Gasteiger partial charge in [0.2, 0.25) is 0 Å². The van der Waals surface area contributed by atoms with Gasteiger partial charge in [0.25, 0.3) is 0 Å². The van der Waals surface area contributed by atoms with Gasteiger partial charge in [0.15, 0.2) is 0 Å². The van der Waals surface area contributed by atoms with Gasteiger partial charge in [0, 0.05) is 36.3 Å². The van der Waals surface area contributed by atoms with Crippen molar-refractivity contribution in [2.45, 2.75) is 45.2 Å². The molecule has 1 aromatic carbocycles. The van der Waals surface area contributed by atoms with E-state index in [1.807, 2.05) is 12.3 Å². The van der Waals surface area contributed by atoms with Crippen LogP contribution in [0.15, 0.2) is 30.5 Å². The van der Waals surface area contributed by atoms with E-state index in [2.05, 4.69) is 35.0 Å². The van der Waals surface area contributed by atoms with Gasteiger partial charge in [0.1, 0.15) is 0 Å². The third-order valence-corrected chi connectivity index (χ3v) is 4.44. The fourth-order valence-electron chi connectivity index (χ4n) is 3.47. The van der Waals surface area contributed by atoms with Gasteiger partial charge in [-0.3, -0.25) is 4.98 Å². The molecule has 0 atom stereocenters. The molecule has 1 fully saturated rings. The van der Waals surface area contributed by atoms with E-state index >= 15 is 0 Å². The zero-order valence-corrected chi connectivity index (χ0v) is 12.2. The number of aromatic nitrogens is 1. The van der Waals surface area contributed by atoms with E-state index in [9.17, 15) is 0 Å². The quantitative estimate of drug-likeness (QED) is 0.924.